The molecule has 0 radical (unpaired) electrons. The normalized spacial score (nSPS) is 24.3. The molecular formula is C11H14ClNO4S2. The lowest BCUT2D eigenvalue weighted by atomic mass is 9.87. The van der Waals surface area contributed by atoms with E-state index < -0.39 is 16.0 Å². The van der Waals surface area contributed by atoms with E-state index in [0.717, 1.165) is 11.3 Å². The van der Waals surface area contributed by atoms with Gasteiger partial charge < -0.3 is 5.11 Å². The lowest BCUT2D eigenvalue weighted by Gasteiger charge is -2.26. The number of rotatable bonds is 4. The van der Waals surface area contributed by atoms with Crippen LogP contribution in [0.25, 0.3) is 0 Å². The Labute approximate surface area is 120 Å². The van der Waals surface area contributed by atoms with Crippen LogP contribution in [-0.4, -0.2) is 25.5 Å². The molecule has 1 fully saturated rings. The molecule has 0 aliphatic heterocycles. The number of nitrogens with one attached hydrogen (secondary N) is 1. The zero-order valence-corrected chi connectivity index (χ0v) is 12.4. The molecule has 5 nitrogen and oxygen atoms in total. The number of carboxylic acid groups (broad SMARTS) is 1. The summed E-state index contributed by atoms with van der Waals surface area (Å²) in [6.45, 7) is 0. The van der Waals surface area contributed by atoms with Gasteiger partial charge in [-0.05, 0) is 37.1 Å². The molecule has 0 atom stereocenters. The van der Waals surface area contributed by atoms with Crippen LogP contribution in [0.1, 0.15) is 25.7 Å². The van der Waals surface area contributed by atoms with Crippen LogP contribution < -0.4 is 4.72 Å². The highest BCUT2D eigenvalue weighted by Gasteiger charge is 2.29. The third-order valence-corrected chi connectivity index (χ3v) is 6.77. The van der Waals surface area contributed by atoms with Gasteiger partial charge in [-0.2, -0.15) is 0 Å². The molecule has 0 unspecified atom stereocenters. The van der Waals surface area contributed by atoms with Crippen LogP contribution in [0.15, 0.2) is 15.7 Å². The van der Waals surface area contributed by atoms with Crippen LogP contribution in [0.5, 0.6) is 0 Å². The van der Waals surface area contributed by atoms with Crippen LogP contribution in [0.2, 0.25) is 5.02 Å². The molecular weight excluding hydrogens is 310 g/mol. The van der Waals surface area contributed by atoms with Crippen molar-refractivity contribution < 1.29 is 18.3 Å². The van der Waals surface area contributed by atoms with E-state index in [9.17, 15) is 13.2 Å². The van der Waals surface area contributed by atoms with Crippen molar-refractivity contribution in [3.8, 4) is 0 Å². The molecule has 1 aliphatic rings. The van der Waals surface area contributed by atoms with Crippen LogP contribution in [0.4, 0.5) is 0 Å². The summed E-state index contributed by atoms with van der Waals surface area (Å²) in [7, 11) is -3.60. The van der Waals surface area contributed by atoms with E-state index in [4.69, 9.17) is 16.7 Å². The Morgan fingerprint density at radius 1 is 1.37 bits per heavy atom. The van der Waals surface area contributed by atoms with Gasteiger partial charge in [0.05, 0.1) is 10.9 Å². The second-order valence-electron chi connectivity index (χ2n) is 4.56. The van der Waals surface area contributed by atoms with Crippen molar-refractivity contribution in [2.75, 3.05) is 0 Å². The fourth-order valence-corrected chi connectivity index (χ4v) is 5.21. The van der Waals surface area contributed by atoms with Crippen molar-refractivity contribution in [2.24, 2.45) is 5.92 Å². The smallest absolute Gasteiger partial charge is 0.306 e. The molecule has 1 aromatic rings. The number of carbonyl (C=O) groups is 1. The minimum absolute atomic E-state index is 0.120. The summed E-state index contributed by atoms with van der Waals surface area (Å²) in [4.78, 5) is 10.8. The SMILES string of the molecule is O=C(O)C1CCC(NS(=O)(=O)c2sccc2Cl)CC1. The molecule has 0 aromatic carbocycles. The molecule has 1 heterocycles. The Morgan fingerprint density at radius 2 is 2.00 bits per heavy atom. The molecule has 1 aromatic heterocycles. The van der Waals surface area contributed by atoms with Gasteiger partial charge in [0, 0.05) is 6.04 Å². The van der Waals surface area contributed by atoms with E-state index in [1.165, 1.54) is 0 Å². The average Bonchev–Trinajstić information content (AvgIpc) is 2.76. The fourth-order valence-electron chi connectivity index (χ4n) is 2.20. The van der Waals surface area contributed by atoms with E-state index in [1.54, 1.807) is 11.4 Å². The Bertz CT molecular complexity index is 561. The predicted molar refractivity (Wildman–Crippen MR) is 73.0 cm³/mol. The van der Waals surface area contributed by atoms with Crippen molar-refractivity contribution >= 4 is 38.9 Å². The molecule has 0 saturated heterocycles. The number of aliphatic carboxylic acids is 1. The quantitative estimate of drug-likeness (QED) is 0.890. The summed E-state index contributed by atoms with van der Waals surface area (Å²) in [6, 6.07) is 1.33. The maximum absolute atomic E-state index is 12.1. The molecule has 2 rings (SSSR count). The van der Waals surface area contributed by atoms with E-state index >= 15 is 0 Å². The summed E-state index contributed by atoms with van der Waals surface area (Å²) in [6.07, 6.45) is 2.08. The van der Waals surface area contributed by atoms with Gasteiger partial charge >= 0.3 is 5.97 Å². The Morgan fingerprint density at radius 3 is 2.47 bits per heavy atom. The number of hydrogen-bond acceptors (Lipinski definition) is 4. The van der Waals surface area contributed by atoms with Crippen molar-refractivity contribution in [2.45, 2.75) is 35.9 Å². The summed E-state index contributed by atoms with van der Waals surface area (Å²) < 4.78 is 26.9. The molecule has 0 spiro atoms. The molecule has 106 valence electrons. The van der Waals surface area contributed by atoms with Crippen molar-refractivity contribution in [3.05, 3.63) is 16.5 Å². The number of thiophene rings is 1. The van der Waals surface area contributed by atoms with E-state index in [1.807, 2.05) is 0 Å². The summed E-state index contributed by atoms with van der Waals surface area (Å²) in [5, 5.41) is 10.7. The third kappa shape index (κ3) is 3.47. The van der Waals surface area contributed by atoms with Gasteiger partial charge in [0.2, 0.25) is 0 Å². The lowest BCUT2D eigenvalue weighted by molar-refractivity contribution is -0.142. The summed E-state index contributed by atoms with van der Waals surface area (Å²) in [5.41, 5.74) is 0. The average molecular weight is 324 g/mol. The Hall–Kier alpha value is -0.630. The first-order valence-electron chi connectivity index (χ1n) is 5.88. The third-order valence-electron chi connectivity index (χ3n) is 3.23. The maximum Gasteiger partial charge on any atom is 0.306 e. The van der Waals surface area contributed by atoms with Crippen molar-refractivity contribution in [3.63, 3.8) is 0 Å². The first kappa shape index (κ1) is 14.8. The van der Waals surface area contributed by atoms with Crippen LogP contribution in [-0.2, 0) is 14.8 Å². The molecule has 1 aliphatic carbocycles. The van der Waals surface area contributed by atoms with Gasteiger partial charge in [0.15, 0.2) is 4.21 Å². The van der Waals surface area contributed by atoms with Gasteiger partial charge in [-0.3, -0.25) is 4.79 Å². The maximum atomic E-state index is 12.1. The monoisotopic (exact) mass is 323 g/mol. The highest BCUT2D eigenvalue weighted by atomic mass is 35.5. The molecule has 2 N–H and O–H groups in total. The minimum atomic E-state index is -3.60. The second kappa shape index (κ2) is 5.78. The van der Waals surface area contributed by atoms with E-state index in [-0.39, 0.29) is 21.2 Å². The number of sulfonamides is 1. The summed E-state index contributed by atoms with van der Waals surface area (Å²) >= 11 is 6.89. The number of carboxylic acids is 1. The topological polar surface area (TPSA) is 83.5 Å². The zero-order chi connectivity index (χ0) is 14.0. The highest BCUT2D eigenvalue weighted by Crippen LogP contribution is 2.29. The molecule has 0 amide bonds. The molecule has 1 saturated carbocycles. The number of hydrogen-bond donors (Lipinski definition) is 2. The van der Waals surface area contributed by atoms with Crippen molar-refractivity contribution in [1.29, 1.82) is 0 Å². The minimum Gasteiger partial charge on any atom is -0.481 e. The van der Waals surface area contributed by atoms with Crippen LogP contribution >= 0.6 is 22.9 Å². The van der Waals surface area contributed by atoms with E-state index in [2.05, 4.69) is 4.72 Å². The number of halogens is 1. The first-order chi connectivity index (χ1) is 8.90. The Balaban J connectivity index is 2.00. The molecule has 8 heteroatoms. The van der Waals surface area contributed by atoms with Gasteiger partial charge in [0.1, 0.15) is 0 Å². The zero-order valence-electron chi connectivity index (χ0n) is 10.0. The first-order valence-corrected chi connectivity index (χ1v) is 8.62. The highest BCUT2D eigenvalue weighted by molar-refractivity contribution is 7.91. The molecule has 0 bridgehead atoms. The van der Waals surface area contributed by atoms with Crippen LogP contribution in [0.3, 0.4) is 0 Å². The fraction of sp³-hybridized carbons (Fsp3) is 0.545. The van der Waals surface area contributed by atoms with Crippen LogP contribution in [0, 0.1) is 5.92 Å². The van der Waals surface area contributed by atoms with Gasteiger partial charge in [-0.1, -0.05) is 11.6 Å². The second-order valence-corrected chi connectivity index (χ2v) is 7.80. The van der Waals surface area contributed by atoms with Gasteiger partial charge in [-0.15, -0.1) is 11.3 Å². The van der Waals surface area contributed by atoms with Gasteiger partial charge in [0.25, 0.3) is 10.0 Å². The molecule has 19 heavy (non-hydrogen) atoms. The van der Waals surface area contributed by atoms with Crippen molar-refractivity contribution in [1.82, 2.24) is 4.72 Å². The predicted octanol–water partition coefficient (Wildman–Crippen LogP) is 2.32. The Kier molecular flexibility index (Phi) is 4.50. The lowest BCUT2D eigenvalue weighted by Crippen LogP contribution is -2.38. The summed E-state index contributed by atoms with van der Waals surface area (Å²) in [5.74, 6) is -1.16. The largest absolute Gasteiger partial charge is 0.481 e. The van der Waals surface area contributed by atoms with E-state index in [0.29, 0.717) is 25.7 Å². The van der Waals surface area contributed by atoms with Gasteiger partial charge in [-0.25, -0.2) is 13.1 Å². The standard InChI is InChI=1S/C11H14ClNO4S2/c12-9-5-6-18-11(9)19(16,17)13-8-3-1-7(2-4-8)10(14)15/h5-8,13H,1-4H2,(H,14,15).